The zero-order chi connectivity index (χ0) is 25.5. The van der Waals surface area contributed by atoms with Gasteiger partial charge in [-0.1, -0.05) is 49.0 Å². The molecule has 0 bridgehead atoms. The molecule has 0 saturated heterocycles. The van der Waals surface area contributed by atoms with Gasteiger partial charge in [-0.15, -0.1) is 0 Å². The SMILES string of the molecule is C=CC(=O)Nc1cc(-n2c(=O)ccc3ccc4ccc(-c5ccc6ccncc6c5)cc4c32)ccc1C. The van der Waals surface area contributed by atoms with Crippen molar-refractivity contribution < 1.29 is 4.79 Å². The highest BCUT2D eigenvalue weighted by Crippen LogP contribution is 2.32. The smallest absolute Gasteiger partial charge is 0.255 e. The van der Waals surface area contributed by atoms with Crippen LogP contribution in [0.4, 0.5) is 5.69 Å². The molecule has 1 N–H and O–H groups in total. The number of aryl methyl sites for hydroxylation is 1. The van der Waals surface area contributed by atoms with E-state index < -0.39 is 0 Å². The summed E-state index contributed by atoms with van der Waals surface area (Å²) in [4.78, 5) is 29.6. The van der Waals surface area contributed by atoms with Crippen molar-refractivity contribution in [2.75, 3.05) is 5.32 Å². The third-order valence-corrected chi connectivity index (χ3v) is 6.77. The predicted molar refractivity (Wildman–Crippen MR) is 151 cm³/mol. The molecule has 0 spiro atoms. The van der Waals surface area contributed by atoms with Crippen molar-refractivity contribution >= 4 is 44.0 Å². The summed E-state index contributed by atoms with van der Waals surface area (Å²) in [5.41, 5.74) is 5.01. The van der Waals surface area contributed by atoms with Gasteiger partial charge in [-0.3, -0.25) is 19.1 Å². The molecule has 6 rings (SSSR count). The first-order valence-electron chi connectivity index (χ1n) is 12.0. The summed E-state index contributed by atoms with van der Waals surface area (Å²) >= 11 is 0. The maximum absolute atomic E-state index is 13.3. The van der Waals surface area contributed by atoms with Crippen LogP contribution in [-0.2, 0) is 4.79 Å². The molecule has 2 heterocycles. The Hall–Kier alpha value is -5.03. The van der Waals surface area contributed by atoms with Crippen molar-refractivity contribution in [3.05, 3.63) is 126 Å². The molecule has 0 aliphatic carbocycles. The summed E-state index contributed by atoms with van der Waals surface area (Å²) in [5.74, 6) is -0.300. The molecule has 4 aromatic carbocycles. The zero-order valence-corrected chi connectivity index (χ0v) is 20.2. The fourth-order valence-electron chi connectivity index (χ4n) is 4.82. The number of anilines is 1. The van der Waals surface area contributed by atoms with Crippen molar-refractivity contribution in [1.29, 1.82) is 0 Å². The number of nitrogens with zero attached hydrogens (tertiary/aromatic N) is 2. The van der Waals surface area contributed by atoms with Crippen LogP contribution >= 0.6 is 0 Å². The van der Waals surface area contributed by atoms with E-state index in [2.05, 4.69) is 59.3 Å². The number of nitrogens with one attached hydrogen (secondary N) is 1. The monoisotopic (exact) mass is 481 g/mol. The standard InChI is InChI=1S/C32H23N3O2/c1-3-30(36)34-29-18-27(12-4-20(29)2)35-31(37)13-11-23-8-6-22-7-10-25(17-28(22)32(23)35)24-9-5-21-14-15-33-19-26(21)16-24/h3-19H,1H2,2H3,(H,34,36). The minimum Gasteiger partial charge on any atom is -0.322 e. The molecule has 178 valence electrons. The molecule has 0 saturated carbocycles. The Morgan fingerprint density at radius 2 is 1.57 bits per heavy atom. The molecular weight excluding hydrogens is 458 g/mol. The number of fused-ring (bicyclic) bond motifs is 4. The number of hydrogen-bond acceptors (Lipinski definition) is 3. The third-order valence-electron chi connectivity index (χ3n) is 6.77. The zero-order valence-electron chi connectivity index (χ0n) is 20.2. The first-order valence-corrected chi connectivity index (χ1v) is 12.0. The van der Waals surface area contributed by atoms with Crippen LogP contribution in [-0.4, -0.2) is 15.5 Å². The van der Waals surface area contributed by atoms with Gasteiger partial charge in [0, 0.05) is 34.9 Å². The molecule has 0 aliphatic heterocycles. The van der Waals surface area contributed by atoms with E-state index in [0.29, 0.717) is 11.4 Å². The van der Waals surface area contributed by atoms with E-state index in [1.807, 2.05) is 49.5 Å². The Morgan fingerprint density at radius 3 is 2.41 bits per heavy atom. The highest BCUT2D eigenvalue weighted by Gasteiger charge is 2.13. The largest absolute Gasteiger partial charge is 0.322 e. The van der Waals surface area contributed by atoms with Crippen LogP contribution in [0.15, 0.2) is 115 Å². The molecule has 2 aromatic heterocycles. The van der Waals surface area contributed by atoms with Gasteiger partial charge in [-0.05, 0) is 82.2 Å². The first-order chi connectivity index (χ1) is 18.0. The van der Waals surface area contributed by atoms with E-state index in [4.69, 9.17) is 0 Å². The maximum atomic E-state index is 13.3. The van der Waals surface area contributed by atoms with Gasteiger partial charge in [0.05, 0.1) is 11.2 Å². The lowest BCUT2D eigenvalue weighted by Crippen LogP contribution is -2.18. The molecule has 1 amide bonds. The molecular formula is C32H23N3O2. The van der Waals surface area contributed by atoms with Gasteiger partial charge in [-0.25, -0.2) is 0 Å². The van der Waals surface area contributed by atoms with Gasteiger partial charge in [0.25, 0.3) is 5.56 Å². The van der Waals surface area contributed by atoms with Crippen molar-refractivity contribution in [2.45, 2.75) is 6.92 Å². The Balaban J connectivity index is 1.60. The molecule has 0 unspecified atom stereocenters. The summed E-state index contributed by atoms with van der Waals surface area (Å²) in [6, 6.07) is 27.8. The first kappa shape index (κ1) is 22.4. The number of hydrogen-bond donors (Lipinski definition) is 1. The summed E-state index contributed by atoms with van der Waals surface area (Å²) in [5, 5.41) is 8.00. The second-order valence-electron chi connectivity index (χ2n) is 9.08. The fourth-order valence-corrected chi connectivity index (χ4v) is 4.82. The van der Waals surface area contributed by atoms with Gasteiger partial charge in [0.2, 0.25) is 5.91 Å². The van der Waals surface area contributed by atoms with Crippen molar-refractivity contribution in [1.82, 2.24) is 9.55 Å². The average Bonchev–Trinajstić information content (AvgIpc) is 2.93. The summed E-state index contributed by atoms with van der Waals surface area (Å²) < 4.78 is 1.72. The van der Waals surface area contributed by atoms with Crippen molar-refractivity contribution in [3.63, 3.8) is 0 Å². The molecule has 5 nitrogen and oxygen atoms in total. The van der Waals surface area contributed by atoms with Crippen LogP contribution in [0.3, 0.4) is 0 Å². The molecule has 0 fully saturated rings. The van der Waals surface area contributed by atoms with Gasteiger partial charge >= 0.3 is 0 Å². The van der Waals surface area contributed by atoms with Crippen LogP contribution in [0, 0.1) is 6.92 Å². The Labute approximate surface area is 213 Å². The average molecular weight is 482 g/mol. The van der Waals surface area contributed by atoms with Crippen molar-refractivity contribution in [2.24, 2.45) is 0 Å². The number of amides is 1. The van der Waals surface area contributed by atoms with Crippen LogP contribution in [0.5, 0.6) is 0 Å². The predicted octanol–water partition coefficient (Wildman–Crippen LogP) is 6.79. The van der Waals surface area contributed by atoms with E-state index in [1.165, 1.54) is 6.08 Å². The van der Waals surface area contributed by atoms with Gasteiger partial charge in [0.15, 0.2) is 0 Å². The minimum absolute atomic E-state index is 0.146. The second kappa shape index (κ2) is 8.88. The second-order valence-corrected chi connectivity index (χ2v) is 9.08. The number of rotatable bonds is 4. The Kier molecular flexibility index (Phi) is 5.38. The van der Waals surface area contributed by atoms with Crippen LogP contribution in [0.25, 0.3) is 49.3 Å². The summed E-state index contributed by atoms with van der Waals surface area (Å²) in [6.07, 6.45) is 4.89. The lowest BCUT2D eigenvalue weighted by atomic mass is 9.97. The molecule has 37 heavy (non-hydrogen) atoms. The highest BCUT2D eigenvalue weighted by molar-refractivity contribution is 6.08. The molecule has 6 aromatic rings. The molecule has 0 radical (unpaired) electrons. The number of benzene rings is 4. The van der Waals surface area contributed by atoms with E-state index in [1.54, 1.807) is 16.8 Å². The molecule has 5 heteroatoms. The van der Waals surface area contributed by atoms with Gasteiger partial charge in [-0.2, -0.15) is 0 Å². The number of carbonyl (C=O) groups excluding carboxylic acids is 1. The van der Waals surface area contributed by atoms with Crippen LogP contribution in [0.2, 0.25) is 0 Å². The van der Waals surface area contributed by atoms with E-state index in [0.717, 1.165) is 49.1 Å². The van der Waals surface area contributed by atoms with Crippen molar-refractivity contribution in [3.8, 4) is 16.8 Å². The van der Waals surface area contributed by atoms with Crippen LogP contribution < -0.4 is 10.9 Å². The fraction of sp³-hybridized carbons (Fsp3) is 0.0312. The number of carbonyl (C=O) groups is 1. The topological polar surface area (TPSA) is 64.0 Å². The van der Waals surface area contributed by atoms with E-state index in [-0.39, 0.29) is 11.5 Å². The summed E-state index contributed by atoms with van der Waals surface area (Å²) in [7, 11) is 0. The lowest BCUT2D eigenvalue weighted by molar-refractivity contribution is -0.111. The minimum atomic E-state index is -0.300. The summed E-state index contributed by atoms with van der Waals surface area (Å²) in [6.45, 7) is 5.45. The highest BCUT2D eigenvalue weighted by atomic mass is 16.1. The van der Waals surface area contributed by atoms with E-state index in [9.17, 15) is 9.59 Å². The van der Waals surface area contributed by atoms with E-state index >= 15 is 0 Å². The van der Waals surface area contributed by atoms with Gasteiger partial charge in [0.1, 0.15) is 0 Å². The third kappa shape index (κ3) is 3.96. The Morgan fingerprint density at radius 1 is 0.838 bits per heavy atom. The number of pyridine rings is 2. The van der Waals surface area contributed by atoms with Crippen LogP contribution in [0.1, 0.15) is 5.56 Å². The normalized spacial score (nSPS) is 11.2. The lowest BCUT2D eigenvalue weighted by Gasteiger charge is -2.16. The number of aromatic nitrogens is 2. The quantitative estimate of drug-likeness (QED) is 0.223. The Bertz CT molecular complexity index is 1940. The molecule has 0 atom stereocenters. The van der Waals surface area contributed by atoms with Gasteiger partial charge < -0.3 is 5.32 Å². The maximum Gasteiger partial charge on any atom is 0.255 e. The molecule has 0 aliphatic rings.